The average Bonchev–Trinajstić information content (AvgIpc) is 2.67. The lowest BCUT2D eigenvalue weighted by Crippen LogP contribution is -2.36. The maximum atomic E-state index is 11.4. The number of ether oxygens (including phenoxy) is 2. The molecule has 0 aromatic heterocycles. The molecule has 0 radical (unpaired) electrons. The molecule has 5 nitrogen and oxygen atoms in total. The molecule has 26 heavy (non-hydrogen) atoms. The molecule has 0 saturated heterocycles. The molecule has 0 amide bonds. The van der Waals surface area contributed by atoms with Gasteiger partial charge in [-0.25, -0.2) is 0 Å². The van der Waals surface area contributed by atoms with E-state index in [0.29, 0.717) is 31.1 Å². The minimum absolute atomic E-state index is 0.396. The van der Waals surface area contributed by atoms with Gasteiger partial charge in [-0.2, -0.15) is 11.8 Å². The summed E-state index contributed by atoms with van der Waals surface area (Å²) in [6, 6.07) is 14.9. The molecule has 2 aromatic carbocycles. The van der Waals surface area contributed by atoms with E-state index in [2.05, 4.69) is 5.32 Å². The van der Waals surface area contributed by atoms with Crippen molar-refractivity contribution >= 4 is 17.7 Å². The number of para-hydroxylation sites is 1. The Balaban J connectivity index is 2.10. The molecule has 0 aliphatic carbocycles. The number of methoxy groups -OCH3 is 1. The molecule has 6 heteroatoms. The molecule has 2 rings (SSSR count). The summed E-state index contributed by atoms with van der Waals surface area (Å²) in [5.74, 6) is 1.23. The van der Waals surface area contributed by atoms with Crippen LogP contribution in [0.3, 0.4) is 0 Å². The van der Waals surface area contributed by atoms with Crippen molar-refractivity contribution < 1.29 is 19.4 Å². The van der Waals surface area contributed by atoms with E-state index in [9.17, 15) is 9.90 Å². The number of carboxylic acid groups (broad SMARTS) is 1. The summed E-state index contributed by atoms with van der Waals surface area (Å²) < 4.78 is 11.4. The van der Waals surface area contributed by atoms with Crippen molar-refractivity contribution in [1.29, 1.82) is 0 Å². The third-order valence-corrected chi connectivity index (χ3v) is 4.60. The predicted molar refractivity (Wildman–Crippen MR) is 105 cm³/mol. The van der Waals surface area contributed by atoms with Gasteiger partial charge in [0.05, 0.1) is 7.11 Å². The number of thioether (sulfide) groups is 1. The van der Waals surface area contributed by atoms with Gasteiger partial charge in [0, 0.05) is 12.1 Å². The monoisotopic (exact) mass is 375 g/mol. The molecule has 140 valence electrons. The lowest BCUT2D eigenvalue weighted by atomic mass is 10.1. The minimum atomic E-state index is -0.839. The van der Waals surface area contributed by atoms with E-state index < -0.39 is 12.0 Å². The Bertz CT molecular complexity index is 693. The molecule has 0 bridgehead atoms. The van der Waals surface area contributed by atoms with Crippen molar-refractivity contribution in [2.75, 3.05) is 19.1 Å². The molecule has 2 N–H and O–H groups in total. The van der Waals surface area contributed by atoms with Crippen molar-refractivity contribution in [2.24, 2.45) is 0 Å². The van der Waals surface area contributed by atoms with Crippen molar-refractivity contribution in [3.63, 3.8) is 0 Å². The van der Waals surface area contributed by atoms with Crippen molar-refractivity contribution in [1.82, 2.24) is 5.32 Å². The molecular formula is C20H25NO4S. The van der Waals surface area contributed by atoms with Crippen LogP contribution in [0.5, 0.6) is 11.5 Å². The van der Waals surface area contributed by atoms with E-state index in [1.807, 2.05) is 54.8 Å². The lowest BCUT2D eigenvalue weighted by molar-refractivity contribution is -0.139. The van der Waals surface area contributed by atoms with E-state index in [0.717, 1.165) is 16.9 Å². The Kier molecular flexibility index (Phi) is 8.31. The highest BCUT2D eigenvalue weighted by molar-refractivity contribution is 7.98. The van der Waals surface area contributed by atoms with Crippen LogP contribution in [0, 0.1) is 0 Å². The first-order valence-corrected chi connectivity index (χ1v) is 9.82. The Morgan fingerprint density at radius 3 is 2.62 bits per heavy atom. The summed E-state index contributed by atoms with van der Waals surface area (Å²) in [6.07, 6.45) is 2.54. The van der Waals surface area contributed by atoms with Gasteiger partial charge in [-0.3, -0.25) is 4.79 Å². The largest absolute Gasteiger partial charge is 0.493 e. The Morgan fingerprint density at radius 2 is 1.96 bits per heavy atom. The number of hydrogen-bond acceptors (Lipinski definition) is 5. The summed E-state index contributed by atoms with van der Waals surface area (Å²) in [5, 5.41) is 12.5. The zero-order valence-electron chi connectivity index (χ0n) is 15.1. The number of carbonyl (C=O) groups is 1. The number of nitrogens with one attached hydrogen (secondary N) is 1. The molecule has 2 aromatic rings. The van der Waals surface area contributed by atoms with Crippen LogP contribution in [0.1, 0.15) is 17.5 Å². The average molecular weight is 375 g/mol. The number of rotatable bonds is 11. The van der Waals surface area contributed by atoms with Crippen LogP contribution < -0.4 is 14.8 Å². The molecule has 0 aliphatic heterocycles. The van der Waals surface area contributed by atoms with Crippen LogP contribution >= 0.6 is 11.8 Å². The fraction of sp³-hybridized carbons (Fsp3) is 0.350. The lowest BCUT2D eigenvalue weighted by Gasteiger charge is -2.18. The zero-order valence-corrected chi connectivity index (χ0v) is 15.9. The van der Waals surface area contributed by atoms with E-state index in [1.54, 1.807) is 18.9 Å². The van der Waals surface area contributed by atoms with E-state index in [-0.39, 0.29) is 0 Å². The van der Waals surface area contributed by atoms with Crippen LogP contribution in [0.25, 0.3) is 0 Å². The van der Waals surface area contributed by atoms with Gasteiger partial charge in [0.25, 0.3) is 0 Å². The van der Waals surface area contributed by atoms with Crippen LogP contribution in [0.4, 0.5) is 0 Å². The Labute approximate surface area is 158 Å². The zero-order chi connectivity index (χ0) is 18.8. The van der Waals surface area contributed by atoms with Gasteiger partial charge in [-0.1, -0.05) is 42.5 Å². The number of hydrogen-bond donors (Lipinski definition) is 2. The van der Waals surface area contributed by atoms with Crippen molar-refractivity contribution in [2.45, 2.75) is 25.6 Å². The second-order valence-electron chi connectivity index (χ2n) is 5.78. The second-order valence-corrected chi connectivity index (χ2v) is 6.76. The van der Waals surface area contributed by atoms with Gasteiger partial charge in [0.15, 0.2) is 11.5 Å². The minimum Gasteiger partial charge on any atom is -0.493 e. The Hall–Kier alpha value is -2.18. The van der Waals surface area contributed by atoms with Gasteiger partial charge in [-0.15, -0.1) is 0 Å². The maximum Gasteiger partial charge on any atom is 0.320 e. The normalized spacial score (nSPS) is 11.8. The molecule has 0 saturated carbocycles. The van der Waals surface area contributed by atoms with Crippen LogP contribution in [0.2, 0.25) is 0 Å². The van der Waals surface area contributed by atoms with Crippen molar-refractivity contribution in [3.8, 4) is 11.5 Å². The molecule has 1 atom stereocenters. The molecule has 0 spiro atoms. The first-order chi connectivity index (χ1) is 12.7. The third kappa shape index (κ3) is 5.97. The molecule has 0 aliphatic rings. The summed E-state index contributed by atoms with van der Waals surface area (Å²) in [6.45, 7) is 0.815. The summed E-state index contributed by atoms with van der Waals surface area (Å²) in [7, 11) is 1.60. The van der Waals surface area contributed by atoms with Gasteiger partial charge < -0.3 is 19.9 Å². The van der Waals surface area contributed by atoms with E-state index in [1.165, 1.54) is 0 Å². The fourth-order valence-electron chi connectivity index (χ4n) is 2.54. The maximum absolute atomic E-state index is 11.4. The highest BCUT2D eigenvalue weighted by Gasteiger charge is 2.18. The molecule has 1 unspecified atom stereocenters. The molecule has 0 fully saturated rings. The van der Waals surface area contributed by atoms with Crippen LogP contribution in [-0.2, 0) is 17.9 Å². The quantitative estimate of drug-likeness (QED) is 0.626. The first kappa shape index (κ1) is 20.1. The SMILES string of the molecule is COc1cccc(CNC(CCSC)C(=O)O)c1OCc1ccccc1. The summed E-state index contributed by atoms with van der Waals surface area (Å²) >= 11 is 1.64. The third-order valence-electron chi connectivity index (χ3n) is 3.95. The number of carboxylic acids is 1. The highest BCUT2D eigenvalue weighted by Crippen LogP contribution is 2.32. The van der Waals surface area contributed by atoms with Crippen molar-refractivity contribution in [3.05, 3.63) is 59.7 Å². The predicted octanol–water partition coefficient (Wildman–Crippen LogP) is 3.57. The van der Waals surface area contributed by atoms with Crippen LogP contribution in [-0.4, -0.2) is 36.2 Å². The summed E-state index contributed by atoms with van der Waals surface area (Å²) in [5.41, 5.74) is 1.93. The van der Waals surface area contributed by atoms with Gasteiger partial charge in [0.2, 0.25) is 0 Å². The Morgan fingerprint density at radius 1 is 1.19 bits per heavy atom. The fourth-order valence-corrected chi connectivity index (χ4v) is 3.01. The second kappa shape index (κ2) is 10.7. The standard InChI is InChI=1S/C20H25NO4S/c1-24-18-10-6-9-16(13-21-17(20(22)23)11-12-26-2)19(18)25-14-15-7-4-3-5-8-15/h3-10,17,21H,11-14H2,1-2H3,(H,22,23). The van der Waals surface area contributed by atoms with Gasteiger partial charge in [0.1, 0.15) is 12.6 Å². The van der Waals surface area contributed by atoms with E-state index >= 15 is 0 Å². The van der Waals surface area contributed by atoms with Crippen LogP contribution in [0.15, 0.2) is 48.5 Å². The number of aliphatic carboxylic acids is 1. The topological polar surface area (TPSA) is 67.8 Å². The highest BCUT2D eigenvalue weighted by atomic mass is 32.2. The summed E-state index contributed by atoms with van der Waals surface area (Å²) in [4.78, 5) is 11.4. The molecule has 0 heterocycles. The van der Waals surface area contributed by atoms with Gasteiger partial charge in [-0.05, 0) is 30.1 Å². The molecular weight excluding hydrogens is 350 g/mol. The first-order valence-electron chi connectivity index (χ1n) is 8.43. The number of benzene rings is 2. The smallest absolute Gasteiger partial charge is 0.320 e. The van der Waals surface area contributed by atoms with Gasteiger partial charge >= 0.3 is 5.97 Å². The van der Waals surface area contributed by atoms with E-state index in [4.69, 9.17) is 9.47 Å².